The van der Waals surface area contributed by atoms with Crippen molar-refractivity contribution in [3.05, 3.63) is 92.1 Å². The number of benzene rings is 2. The summed E-state index contributed by atoms with van der Waals surface area (Å²) >= 11 is 7.84. The normalized spacial score (nSPS) is 18.3. The largest absolute Gasteiger partial charge is 0.502 e. The van der Waals surface area contributed by atoms with Gasteiger partial charge in [0.2, 0.25) is 5.43 Å². The third-order valence-electron chi connectivity index (χ3n) is 6.41. The van der Waals surface area contributed by atoms with E-state index in [4.69, 9.17) is 11.6 Å². The standard InChI is InChI=1S/C24H18ClF4N3O3S/c1-12(24(27,28)29)30-11-32(31-9-8-17(33)21(34)20(31)23(30)35)19-14-5-3-6-15(25)22(14)36-10-13-4-2-7-16(26)18(13)19/h2-9,12,19,34H,10-11H2,1H3/t12-,19-/m1/s1. The van der Waals surface area contributed by atoms with Crippen molar-refractivity contribution in [2.45, 2.75) is 35.8 Å². The Labute approximate surface area is 211 Å². The molecule has 2 atom stereocenters. The molecule has 0 saturated carbocycles. The van der Waals surface area contributed by atoms with Gasteiger partial charge in [0.25, 0.3) is 5.91 Å². The summed E-state index contributed by atoms with van der Waals surface area (Å²) in [7, 11) is 0. The van der Waals surface area contributed by atoms with Crippen LogP contribution in [0.4, 0.5) is 17.6 Å². The van der Waals surface area contributed by atoms with E-state index in [1.807, 2.05) is 0 Å². The fourth-order valence-electron chi connectivity index (χ4n) is 4.56. The van der Waals surface area contributed by atoms with Crippen LogP contribution >= 0.6 is 23.4 Å². The second kappa shape index (κ2) is 8.74. The zero-order chi connectivity index (χ0) is 25.9. The Hall–Kier alpha value is -3.18. The highest BCUT2D eigenvalue weighted by molar-refractivity contribution is 7.98. The molecule has 3 heterocycles. The van der Waals surface area contributed by atoms with Crippen molar-refractivity contribution in [2.24, 2.45) is 0 Å². The molecule has 1 aromatic heterocycles. The van der Waals surface area contributed by atoms with Gasteiger partial charge in [-0.05, 0) is 30.2 Å². The van der Waals surface area contributed by atoms with Crippen LogP contribution in [0, 0.1) is 5.82 Å². The lowest BCUT2D eigenvalue weighted by molar-refractivity contribution is -0.173. The molecule has 3 aromatic rings. The van der Waals surface area contributed by atoms with Gasteiger partial charge in [0.05, 0.1) is 5.02 Å². The van der Waals surface area contributed by atoms with E-state index in [1.165, 1.54) is 35.1 Å². The number of aromatic hydroxyl groups is 1. The Morgan fingerprint density at radius 1 is 1.14 bits per heavy atom. The summed E-state index contributed by atoms with van der Waals surface area (Å²) in [5.41, 5.74) is -0.263. The summed E-state index contributed by atoms with van der Waals surface area (Å²) in [6.45, 7) is 0.204. The highest BCUT2D eigenvalue weighted by atomic mass is 35.5. The average molecular weight is 540 g/mol. The maximum absolute atomic E-state index is 15.5. The summed E-state index contributed by atoms with van der Waals surface area (Å²) in [5.74, 6) is -2.41. The van der Waals surface area contributed by atoms with Gasteiger partial charge in [0, 0.05) is 28.5 Å². The minimum Gasteiger partial charge on any atom is -0.502 e. The third-order valence-corrected chi connectivity index (χ3v) is 8.04. The Balaban J connectivity index is 1.82. The molecule has 1 amide bonds. The van der Waals surface area contributed by atoms with Gasteiger partial charge in [-0.3, -0.25) is 19.3 Å². The molecule has 188 valence electrons. The van der Waals surface area contributed by atoms with Gasteiger partial charge in [-0.15, -0.1) is 11.8 Å². The molecule has 2 aromatic carbocycles. The number of aromatic nitrogens is 1. The van der Waals surface area contributed by atoms with Crippen molar-refractivity contribution in [3.8, 4) is 5.75 Å². The van der Waals surface area contributed by atoms with Crippen LogP contribution in [0.2, 0.25) is 5.02 Å². The number of thioether (sulfide) groups is 1. The monoisotopic (exact) mass is 539 g/mol. The van der Waals surface area contributed by atoms with Gasteiger partial charge >= 0.3 is 6.18 Å². The average Bonchev–Trinajstić information content (AvgIpc) is 2.99. The maximum Gasteiger partial charge on any atom is 0.408 e. The minimum atomic E-state index is -4.79. The van der Waals surface area contributed by atoms with Crippen molar-refractivity contribution < 1.29 is 27.5 Å². The SMILES string of the molecule is C[C@@H](N1CN([C@@H]2c3cccc(Cl)c3SCc3cccc(F)c32)n2ccc(=O)c(O)c2C1=O)C(F)(F)F. The van der Waals surface area contributed by atoms with E-state index in [0.717, 1.165) is 17.7 Å². The molecule has 6 nitrogen and oxygen atoms in total. The summed E-state index contributed by atoms with van der Waals surface area (Å²) in [5, 5.41) is 12.2. The number of nitrogens with zero attached hydrogens (tertiary/aromatic N) is 3. The highest BCUT2D eigenvalue weighted by Gasteiger charge is 2.48. The Morgan fingerprint density at radius 2 is 1.86 bits per heavy atom. The zero-order valence-electron chi connectivity index (χ0n) is 18.6. The molecule has 0 saturated heterocycles. The fourth-order valence-corrected chi connectivity index (χ4v) is 6.01. The molecule has 2 aliphatic heterocycles. The number of carbonyl (C=O) groups excluding carboxylic acids is 1. The Morgan fingerprint density at radius 3 is 2.58 bits per heavy atom. The van der Waals surface area contributed by atoms with E-state index in [0.29, 0.717) is 31.7 Å². The van der Waals surface area contributed by atoms with Gasteiger partial charge in [-0.1, -0.05) is 35.9 Å². The molecular weight excluding hydrogens is 522 g/mol. The molecule has 5 rings (SSSR count). The number of carbonyl (C=O) groups is 1. The summed E-state index contributed by atoms with van der Waals surface area (Å²) in [6.07, 6.45) is -3.61. The number of hydrogen-bond acceptors (Lipinski definition) is 5. The molecule has 36 heavy (non-hydrogen) atoms. The van der Waals surface area contributed by atoms with Crippen molar-refractivity contribution in [1.82, 2.24) is 9.58 Å². The van der Waals surface area contributed by atoms with Crippen LogP contribution in [0.5, 0.6) is 5.75 Å². The van der Waals surface area contributed by atoms with Crippen molar-refractivity contribution >= 4 is 29.3 Å². The van der Waals surface area contributed by atoms with Gasteiger partial charge in [0.15, 0.2) is 11.4 Å². The minimum absolute atomic E-state index is 0.198. The first kappa shape index (κ1) is 24.5. The lowest BCUT2D eigenvalue weighted by Gasteiger charge is -2.46. The van der Waals surface area contributed by atoms with E-state index in [9.17, 15) is 27.9 Å². The Bertz CT molecular complexity index is 1450. The molecule has 0 aliphatic carbocycles. The van der Waals surface area contributed by atoms with Crippen LogP contribution in [0.25, 0.3) is 0 Å². The molecule has 12 heteroatoms. The second-order valence-electron chi connectivity index (χ2n) is 8.46. The van der Waals surface area contributed by atoms with E-state index >= 15 is 4.39 Å². The topological polar surface area (TPSA) is 65.8 Å². The van der Waals surface area contributed by atoms with Crippen LogP contribution in [0.1, 0.15) is 40.1 Å². The number of amides is 1. The van der Waals surface area contributed by atoms with Crippen LogP contribution in [-0.4, -0.2) is 39.5 Å². The van der Waals surface area contributed by atoms with Gasteiger partial charge in [-0.25, -0.2) is 4.39 Å². The van der Waals surface area contributed by atoms with E-state index < -0.39 is 53.5 Å². The molecular formula is C24H18ClF4N3O3S. The molecule has 0 spiro atoms. The predicted molar refractivity (Wildman–Crippen MR) is 126 cm³/mol. The first-order valence-corrected chi connectivity index (χ1v) is 12.1. The van der Waals surface area contributed by atoms with Crippen molar-refractivity contribution in [2.75, 3.05) is 11.7 Å². The number of hydrogen-bond donors (Lipinski definition) is 1. The molecule has 2 aliphatic rings. The summed E-state index contributed by atoms with van der Waals surface area (Å²) in [4.78, 5) is 26.5. The first-order chi connectivity index (χ1) is 17.0. The number of fused-ring (bicyclic) bond motifs is 3. The molecule has 0 radical (unpaired) electrons. The van der Waals surface area contributed by atoms with E-state index in [2.05, 4.69) is 0 Å². The fraction of sp³-hybridized carbons (Fsp3) is 0.250. The quantitative estimate of drug-likeness (QED) is 0.462. The highest BCUT2D eigenvalue weighted by Crippen LogP contribution is 2.46. The molecule has 0 unspecified atom stereocenters. The van der Waals surface area contributed by atoms with Crippen molar-refractivity contribution in [3.63, 3.8) is 0 Å². The lowest BCUT2D eigenvalue weighted by atomic mass is 9.93. The number of alkyl halides is 3. The summed E-state index contributed by atoms with van der Waals surface area (Å²) < 4.78 is 57.9. The van der Waals surface area contributed by atoms with E-state index in [1.54, 1.807) is 24.3 Å². The van der Waals surface area contributed by atoms with Crippen molar-refractivity contribution in [1.29, 1.82) is 0 Å². The van der Waals surface area contributed by atoms with Crippen LogP contribution in [-0.2, 0) is 5.75 Å². The van der Waals surface area contributed by atoms with Crippen LogP contribution in [0.15, 0.2) is 58.4 Å². The molecule has 1 N–H and O–H groups in total. The molecule has 0 fully saturated rings. The number of halogens is 5. The predicted octanol–water partition coefficient (Wildman–Crippen LogP) is 5.04. The number of pyridine rings is 1. The van der Waals surface area contributed by atoms with Crippen LogP contribution in [0.3, 0.4) is 0 Å². The second-order valence-corrected chi connectivity index (χ2v) is 9.85. The lowest BCUT2D eigenvalue weighted by Crippen LogP contribution is -2.60. The Kier molecular flexibility index (Phi) is 5.95. The molecule has 0 bridgehead atoms. The number of rotatable bonds is 2. The van der Waals surface area contributed by atoms with Gasteiger partial charge < -0.3 is 10.0 Å². The van der Waals surface area contributed by atoms with Gasteiger partial charge in [0.1, 0.15) is 24.6 Å². The maximum atomic E-state index is 15.5. The van der Waals surface area contributed by atoms with Crippen LogP contribution < -0.4 is 10.4 Å². The zero-order valence-corrected chi connectivity index (χ0v) is 20.2. The smallest absolute Gasteiger partial charge is 0.408 e. The third kappa shape index (κ3) is 3.81. The van der Waals surface area contributed by atoms with E-state index in [-0.39, 0.29) is 5.56 Å². The first-order valence-electron chi connectivity index (χ1n) is 10.8. The summed E-state index contributed by atoms with van der Waals surface area (Å²) in [6, 6.07) is 7.20. The van der Waals surface area contributed by atoms with Gasteiger partial charge in [-0.2, -0.15) is 13.2 Å².